The second-order valence-electron chi connectivity index (χ2n) is 5.90. The van der Waals surface area contributed by atoms with E-state index in [4.69, 9.17) is 0 Å². The molecular weight excluding hydrogens is 213 g/mol. The molecule has 0 saturated carbocycles. The molecule has 0 aromatic carbocycles. The minimum atomic E-state index is 0. The van der Waals surface area contributed by atoms with Crippen LogP contribution in [0.5, 0.6) is 0 Å². The van der Waals surface area contributed by atoms with Crippen molar-refractivity contribution in [3.63, 3.8) is 0 Å². The van der Waals surface area contributed by atoms with Crippen LogP contribution in [0, 0.1) is 0 Å². The van der Waals surface area contributed by atoms with E-state index in [0.29, 0.717) is 12.1 Å². The number of unbranched alkanes of at least 4 members (excludes halogenated alkanes) is 7. The first-order chi connectivity index (χ1) is 8.09. The van der Waals surface area contributed by atoms with Gasteiger partial charge in [0.1, 0.15) is 0 Å². The van der Waals surface area contributed by atoms with Crippen molar-refractivity contribution in [1.29, 1.82) is 0 Å². The van der Waals surface area contributed by atoms with Crippen molar-refractivity contribution < 1.29 is 0 Å². The van der Waals surface area contributed by atoms with Gasteiger partial charge in [0.05, 0.1) is 0 Å². The van der Waals surface area contributed by atoms with Gasteiger partial charge in [-0.1, -0.05) is 51.9 Å². The maximum absolute atomic E-state index is 2.61. The average Bonchev–Trinajstić information content (AvgIpc) is 2.26. The summed E-state index contributed by atoms with van der Waals surface area (Å²) < 4.78 is 0. The van der Waals surface area contributed by atoms with Gasteiger partial charge in [-0.25, -0.2) is 0 Å². The molecule has 0 rings (SSSR count). The molecule has 0 aliphatic rings. The van der Waals surface area contributed by atoms with E-state index in [2.05, 4.69) is 39.5 Å². The number of rotatable bonds is 11. The Morgan fingerprint density at radius 1 is 0.667 bits per heavy atom. The van der Waals surface area contributed by atoms with E-state index in [1.165, 1.54) is 57.9 Å². The van der Waals surface area contributed by atoms with Crippen molar-refractivity contribution >= 4 is 18.9 Å². The molecule has 18 heavy (non-hydrogen) atoms. The van der Waals surface area contributed by atoms with Gasteiger partial charge in [0.25, 0.3) is 0 Å². The summed E-state index contributed by atoms with van der Waals surface area (Å²) in [5, 5.41) is 0. The first-order valence-electron chi connectivity index (χ1n) is 7.85. The van der Waals surface area contributed by atoms with Crippen molar-refractivity contribution in [3.05, 3.63) is 0 Å². The van der Waals surface area contributed by atoms with Gasteiger partial charge in [-0.15, -0.1) is 0 Å². The van der Waals surface area contributed by atoms with Gasteiger partial charge in [0.15, 0.2) is 0 Å². The predicted molar refractivity (Wildman–Crippen MR) is 85.3 cm³/mol. The Hall–Kier alpha value is 0.557. The van der Waals surface area contributed by atoms with E-state index in [1.54, 1.807) is 0 Å². The monoisotopic (exact) mass is 248 g/mol. The summed E-state index contributed by atoms with van der Waals surface area (Å²) in [5.74, 6) is 0. The molecule has 0 heterocycles. The second-order valence-corrected chi connectivity index (χ2v) is 5.90. The minimum absolute atomic E-state index is 0. The maximum Gasteiger partial charge on any atom is 0.00412 e. The molecular formula is C16H35LiN. The first-order valence-corrected chi connectivity index (χ1v) is 7.85. The normalized spacial score (nSPS) is 11.3. The van der Waals surface area contributed by atoms with Crippen molar-refractivity contribution in [2.75, 3.05) is 6.54 Å². The number of nitrogens with zero attached hydrogens (tertiary/aromatic N) is 1. The molecule has 0 N–H and O–H groups in total. The number of hydrogen-bond acceptors (Lipinski definition) is 1. The Morgan fingerprint density at radius 2 is 1.06 bits per heavy atom. The van der Waals surface area contributed by atoms with E-state index < -0.39 is 0 Å². The molecule has 105 valence electrons. The molecule has 0 spiro atoms. The molecule has 0 unspecified atom stereocenters. The molecule has 2 heteroatoms. The molecule has 0 aromatic rings. The van der Waals surface area contributed by atoms with Crippen molar-refractivity contribution in [2.24, 2.45) is 0 Å². The fourth-order valence-electron chi connectivity index (χ4n) is 2.54. The van der Waals surface area contributed by atoms with Gasteiger partial charge >= 0.3 is 0 Å². The van der Waals surface area contributed by atoms with Gasteiger partial charge in [0.2, 0.25) is 0 Å². The minimum Gasteiger partial charge on any atom is -0.299 e. The summed E-state index contributed by atoms with van der Waals surface area (Å²) in [6.07, 6.45) is 11.4. The van der Waals surface area contributed by atoms with Crippen LogP contribution in [-0.2, 0) is 0 Å². The van der Waals surface area contributed by atoms with Gasteiger partial charge in [0, 0.05) is 30.9 Å². The van der Waals surface area contributed by atoms with Crippen LogP contribution in [0.15, 0.2) is 0 Å². The maximum atomic E-state index is 2.61. The zero-order chi connectivity index (χ0) is 13.1. The fourth-order valence-corrected chi connectivity index (χ4v) is 2.54. The summed E-state index contributed by atoms with van der Waals surface area (Å²) in [7, 11) is 0. The third-order valence-corrected chi connectivity index (χ3v) is 3.60. The summed E-state index contributed by atoms with van der Waals surface area (Å²) in [5.41, 5.74) is 0. The SMILES string of the molecule is CCCCCCCCCCN(C(C)C)C(C)C.[Li]. The largest absolute Gasteiger partial charge is 0.299 e. The number of hydrogen-bond donors (Lipinski definition) is 0. The standard InChI is InChI=1S/C16H35N.Li/c1-6-7-8-9-10-11-12-13-14-17(15(2)3)16(4)5;/h15-16H,6-14H2,1-5H3;. The first kappa shape index (κ1) is 20.9. The Kier molecular flexibility index (Phi) is 16.2. The van der Waals surface area contributed by atoms with E-state index >= 15 is 0 Å². The van der Waals surface area contributed by atoms with E-state index in [-0.39, 0.29) is 18.9 Å². The Bertz CT molecular complexity index is 149. The molecule has 0 saturated heterocycles. The third-order valence-electron chi connectivity index (χ3n) is 3.60. The van der Waals surface area contributed by atoms with Crippen LogP contribution in [0.3, 0.4) is 0 Å². The molecule has 0 aliphatic heterocycles. The molecule has 0 amide bonds. The van der Waals surface area contributed by atoms with Gasteiger partial charge in [-0.2, -0.15) is 0 Å². The molecule has 1 radical (unpaired) electrons. The van der Waals surface area contributed by atoms with Gasteiger partial charge in [-0.05, 0) is 40.7 Å². The summed E-state index contributed by atoms with van der Waals surface area (Å²) in [6, 6.07) is 1.39. The molecule has 0 aromatic heterocycles. The van der Waals surface area contributed by atoms with Crippen LogP contribution in [0.1, 0.15) is 86.0 Å². The topological polar surface area (TPSA) is 3.24 Å². The van der Waals surface area contributed by atoms with Gasteiger partial charge < -0.3 is 0 Å². The smallest absolute Gasteiger partial charge is 0.00412 e. The zero-order valence-corrected chi connectivity index (χ0v) is 14.0. The molecule has 0 fully saturated rings. The molecule has 1 nitrogen and oxygen atoms in total. The fraction of sp³-hybridized carbons (Fsp3) is 1.00. The van der Waals surface area contributed by atoms with Crippen molar-refractivity contribution in [3.8, 4) is 0 Å². The third kappa shape index (κ3) is 11.6. The van der Waals surface area contributed by atoms with E-state index in [1.807, 2.05) is 0 Å². The Labute approximate surface area is 128 Å². The Balaban J connectivity index is 0. The van der Waals surface area contributed by atoms with Crippen LogP contribution in [-0.4, -0.2) is 42.4 Å². The Morgan fingerprint density at radius 3 is 1.44 bits per heavy atom. The van der Waals surface area contributed by atoms with E-state index in [0.717, 1.165) is 0 Å². The molecule has 0 aliphatic carbocycles. The van der Waals surface area contributed by atoms with Crippen molar-refractivity contribution in [2.45, 2.75) is 98.1 Å². The van der Waals surface area contributed by atoms with Crippen LogP contribution < -0.4 is 0 Å². The van der Waals surface area contributed by atoms with Crippen LogP contribution in [0.25, 0.3) is 0 Å². The second kappa shape index (κ2) is 14.0. The molecule has 0 bridgehead atoms. The van der Waals surface area contributed by atoms with Crippen LogP contribution >= 0.6 is 0 Å². The zero-order valence-electron chi connectivity index (χ0n) is 14.0. The predicted octanol–water partition coefficient (Wildman–Crippen LogP) is 4.87. The molecule has 0 atom stereocenters. The van der Waals surface area contributed by atoms with Crippen molar-refractivity contribution in [1.82, 2.24) is 4.90 Å². The quantitative estimate of drug-likeness (QED) is 0.372. The van der Waals surface area contributed by atoms with Gasteiger partial charge in [-0.3, -0.25) is 4.90 Å². The summed E-state index contributed by atoms with van der Waals surface area (Å²) >= 11 is 0. The summed E-state index contributed by atoms with van der Waals surface area (Å²) in [6.45, 7) is 12.8. The summed E-state index contributed by atoms with van der Waals surface area (Å²) in [4.78, 5) is 2.61. The average molecular weight is 248 g/mol. The van der Waals surface area contributed by atoms with Crippen LogP contribution in [0.4, 0.5) is 0 Å². The van der Waals surface area contributed by atoms with E-state index in [9.17, 15) is 0 Å². The van der Waals surface area contributed by atoms with Crippen LogP contribution in [0.2, 0.25) is 0 Å².